The van der Waals surface area contributed by atoms with Crippen molar-refractivity contribution in [2.45, 2.75) is 6.42 Å². The van der Waals surface area contributed by atoms with Crippen molar-refractivity contribution in [2.75, 3.05) is 31.3 Å². The molecule has 100 valence electrons. The maximum absolute atomic E-state index is 6.04. The van der Waals surface area contributed by atoms with Gasteiger partial charge in [0.05, 0.1) is 18.5 Å². The number of hydrogen-bond donors (Lipinski definition) is 1. The topological polar surface area (TPSA) is 51.4 Å². The van der Waals surface area contributed by atoms with Gasteiger partial charge in [0.1, 0.15) is 5.75 Å². The molecule has 0 atom stereocenters. The van der Waals surface area contributed by atoms with Gasteiger partial charge in [-0.3, -0.25) is 4.98 Å². The number of nitrogens with two attached hydrogens (primary N) is 1. The van der Waals surface area contributed by atoms with Crippen LogP contribution in [0.25, 0.3) is 0 Å². The Morgan fingerprint density at radius 1 is 1.21 bits per heavy atom. The minimum atomic E-state index is 0.733. The molecule has 0 aliphatic heterocycles. The van der Waals surface area contributed by atoms with Gasteiger partial charge < -0.3 is 15.4 Å². The summed E-state index contributed by atoms with van der Waals surface area (Å²) in [5, 5.41) is 0. The van der Waals surface area contributed by atoms with Gasteiger partial charge in [0.15, 0.2) is 0 Å². The number of likely N-dealkylation sites (N-methyl/N-ethyl adjacent to an activating group) is 1. The highest BCUT2D eigenvalue weighted by atomic mass is 16.5. The summed E-state index contributed by atoms with van der Waals surface area (Å²) in [6.45, 7) is 0.903. The first-order chi connectivity index (χ1) is 9.20. The zero-order valence-corrected chi connectivity index (χ0v) is 11.3. The highest BCUT2D eigenvalue weighted by molar-refractivity contribution is 5.69. The van der Waals surface area contributed by atoms with Gasteiger partial charge >= 0.3 is 0 Å². The molecular weight excluding hydrogens is 238 g/mol. The lowest BCUT2D eigenvalue weighted by molar-refractivity contribution is 0.415. The molecule has 19 heavy (non-hydrogen) atoms. The maximum atomic E-state index is 6.04. The highest BCUT2D eigenvalue weighted by Crippen LogP contribution is 2.26. The molecule has 2 N–H and O–H groups in total. The zero-order chi connectivity index (χ0) is 13.7. The van der Waals surface area contributed by atoms with Crippen LogP contribution < -0.4 is 15.4 Å². The third-order valence-electron chi connectivity index (χ3n) is 3.13. The Labute approximate surface area is 113 Å². The van der Waals surface area contributed by atoms with E-state index >= 15 is 0 Å². The lowest BCUT2D eigenvalue weighted by Crippen LogP contribution is -2.21. The molecule has 0 aliphatic rings. The average Bonchev–Trinajstić information content (AvgIpc) is 2.45. The lowest BCUT2D eigenvalue weighted by Gasteiger charge is -2.21. The summed E-state index contributed by atoms with van der Waals surface area (Å²) >= 11 is 0. The number of nitrogens with zero attached hydrogens (tertiary/aromatic N) is 2. The Bertz CT molecular complexity index is 528. The van der Waals surface area contributed by atoms with Crippen molar-refractivity contribution >= 4 is 11.4 Å². The van der Waals surface area contributed by atoms with Gasteiger partial charge in [0, 0.05) is 32.1 Å². The number of anilines is 2. The minimum Gasteiger partial charge on any atom is -0.497 e. The SMILES string of the molecule is COc1ccc(N(C)CCc2ccncc2)c(N)c1. The van der Waals surface area contributed by atoms with Crippen LogP contribution in [0.1, 0.15) is 5.56 Å². The Balaban J connectivity index is 2.02. The summed E-state index contributed by atoms with van der Waals surface area (Å²) in [4.78, 5) is 6.16. The molecule has 1 aromatic heterocycles. The van der Waals surface area contributed by atoms with Crippen LogP contribution in [0.5, 0.6) is 5.75 Å². The standard InChI is InChI=1S/C15H19N3O/c1-18(10-7-12-5-8-17-9-6-12)15-4-3-13(19-2)11-14(15)16/h3-6,8-9,11H,7,10,16H2,1-2H3. The molecule has 0 amide bonds. The third kappa shape index (κ3) is 3.37. The number of ether oxygens (including phenoxy) is 1. The van der Waals surface area contributed by atoms with Gasteiger partial charge in [-0.05, 0) is 36.2 Å². The molecule has 0 saturated carbocycles. The quantitative estimate of drug-likeness (QED) is 0.835. The Morgan fingerprint density at radius 2 is 1.95 bits per heavy atom. The van der Waals surface area contributed by atoms with Gasteiger partial charge in [-0.1, -0.05) is 0 Å². The van der Waals surface area contributed by atoms with Crippen LogP contribution in [0.3, 0.4) is 0 Å². The molecule has 0 fully saturated rings. The molecule has 0 spiro atoms. The van der Waals surface area contributed by atoms with E-state index < -0.39 is 0 Å². The Hall–Kier alpha value is -2.23. The number of benzene rings is 1. The van der Waals surface area contributed by atoms with Crippen molar-refractivity contribution in [3.8, 4) is 5.75 Å². The summed E-state index contributed by atoms with van der Waals surface area (Å²) in [6.07, 6.45) is 4.60. The first kappa shape index (κ1) is 13.2. The number of hydrogen-bond acceptors (Lipinski definition) is 4. The molecule has 0 radical (unpaired) electrons. The number of pyridine rings is 1. The van der Waals surface area contributed by atoms with E-state index in [0.29, 0.717) is 0 Å². The van der Waals surface area contributed by atoms with E-state index in [1.807, 2.05) is 49.8 Å². The molecule has 1 heterocycles. The molecule has 4 heteroatoms. The van der Waals surface area contributed by atoms with E-state index in [1.165, 1.54) is 5.56 Å². The number of methoxy groups -OCH3 is 1. The minimum absolute atomic E-state index is 0.733. The molecular formula is C15H19N3O. The second-order valence-electron chi connectivity index (χ2n) is 4.45. The molecule has 0 saturated heterocycles. The fourth-order valence-electron chi connectivity index (χ4n) is 1.97. The van der Waals surface area contributed by atoms with Crippen molar-refractivity contribution in [1.29, 1.82) is 0 Å². The van der Waals surface area contributed by atoms with Crippen molar-refractivity contribution in [3.63, 3.8) is 0 Å². The van der Waals surface area contributed by atoms with Gasteiger partial charge in [-0.15, -0.1) is 0 Å². The first-order valence-corrected chi connectivity index (χ1v) is 6.24. The molecule has 0 unspecified atom stereocenters. The maximum Gasteiger partial charge on any atom is 0.121 e. The monoisotopic (exact) mass is 257 g/mol. The van der Waals surface area contributed by atoms with Crippen molar-refractivity contribution < 1.29 is 4.74 Å². The van der Waals surface area contributed by atoms with E-state index in [-0.39, 0.29) is 0 Å². The van der Waals surface area contributed by atoms with Gasteiger partial charge in [-0.2, -0.15) is 0 Å². The molecule has 2 aromatic rings. The van der Waals surface area contributed by atoms with E-state index in [9.17, 15) is 0 Å². The Kier molecular flexibility index (Phi) is 4.23. The summed E-state index contributed by atoms with van der Waals surface area (Å²) in [7, 11) is 3.68. The van der Waals surface area contributed by atoms with Crippen LogP contribution in [0, 0.1) is 0 Å². The number of aromatic nitrogens is 1. The normalized spacial score (nSPS) is 10.2. The molecule has 2 rings (SSSR count). The van der Waals surface area contributed by atoms with Crippen molar-refractivity contribution in [2.24, 2.45) is 0 Å². The summed E-state index contributed by atoms with van der Waals surface area (Å²) in [5.41, 5.74) is 9.06. The fraction of sp³-hybridized carbons (Fsp3) is 0.267. The van der Waals surface area contributed by atoms with Crippen LogP contribution in [0.15, 0.2) is 42.7 Å². The van der Waals surface area contributed by atoms with E-state index in [0.717, 1.165) is 30.1 Å². The molecule has 0 bridgehead atoms. The van der Waals surface area contributed by atoms with E-state index in [1.54, 1.807) is 7.11 Å². The van der Waals surface area contributed by atoms with Gasteiger partial charge in [0.25, 0.3) is 0 Å². The second-order valence-corrected chi connectivity index (χ2v) is 4.45. The van der Waals surface area contributed by atoms with Crippen LogP contribution in [-0.2, 0) is 6.42 Å². The largest absolute Gasteiger partial charge is 0.497 e. The van der Waals surface area contributed by atoms with Crippen LogP contribution >= 0.6 is 0 Å². The van der Waals surface area contributed by atoms with Crippen LogP contribution in [0.2, 0.25) is 0 Å². The van der Waals surface area contributed by atoms with Crippen LogP contribution in [0.4, 0.5) is 11.4 Å². The van der Waals surface area contributed by atoms with Crippen LogP contribution in [-0.4, -0.2) is 25.7 Å². The number of rotatable bonds is 5. The summed E-state index contributed by atoms with van der Waals surface area (Å²) in [6, 6.07) is 9.82. The van der Waals surface area contributed by atoms with Crippen molar-refractivity contribution in [3.05, 3.63) is 48.3 Å². The van der Waals surface area contributed by atoms with Gasteiger partial charge in [-0.25, -0.2) is 0 Å². The van der Waals surface area contributed by atoms with E-state index in [4.69, 9.17) is 10.5 Å². The average molecular weight is 257 g/mol. The lowest BCUT2D eigenvalue weighted by atomic mass is 10.2. The predicted molar refractivity (Wildman–Crippen MR) is 78.6 cm³/mol. The second kappa shape index (κ2) is 6.09. The number of nitrogen functional groups attached to an aromatic ring is 1. The summed E-state index contributed by atoms with van der Waals surface area (Å²) < 4.78 is 5.15. The highest BCUT2D eigenvalue weighted by Gasteiger charge is 2.06. The molecule has 0 aliphatic carbocycles. The first-order valence-electron chi connectivity index (χ1n) is 6.24. The molecule has 1 aromatic carbocycles. The predicted octanol–water partition coefficient (Wildman–Crippen LogP) is 2.35. The summed E-state index contributed by atoms with van der Waals surface area (Å²) in [5.74, 6) is 0.781. The smallest absolute Gasteiger partial charge is 0.121 e. The van der Waals surface area contributed by atoms with Gasteiger partial charge in [0.2, 0.25) is 0 Å². The Morgan fingerprint density at radius 3 is 2.58 bits per heavy atom. The van der Waals surface area contributed by atoms with E-state index in [2.05, 4.69) is 9.88 Å². The third-order valence-corrected chi connectivity index (χ3v) is 3.13. The fourth-order valence-corrected chi connectivity index (χ4v) is 1.97. The zero-order valence-electron chi connectivity index (χ0n) is 11.3. The molecule has 4 nitrogen and oxygen atoms in total. The van der Waals surface area contributed by atoms with Crippen molar-refractivity contribution in [1.82, 2.24) is 4.98 Å².